The number of sulfone groups is 1. The molecule has 0 saturated heterocycles. The van der Waals surface area contributed by atoms with Gasteiger partial charge in [-0.3, -0.25) is 0 Å². The Kier molecular flexibility index (Phi) is 4.42. The van der Waals surface area contributed by atoms with Crippen molar-refractivity contribution in [2.75, 3.05) is 17.8 Å². The van der Waals surface area contributed by atoms with Gasteiger partial charge in [-0.05, 0) is 0 Å². The van der Waals surface area contributed by atoms with Gasteiger partial charge in [-0.2, -0.15) is 0 Å². The standard InChI is InChI=1S/C12H13NO2S3/c1-18(14,15)8-7-16-12-13-11(9-17-12)10-5-3-2-4-6-10/h2-6,9H,7-8H2,1H3. The summed E-state index contributed by atoms with van der Waals surface area (Å²) in [4.78, 5) is 4.49. The zero-order chi connectivity index (χ0) is 13.0. The average molecular weight is 299 g/mol. The number of nitrogens with zero attached hydrogens (tertiary/aromatic N) is 1. The van der Waals surface area contributed by atoms with Crippen LogP contribution in [-0.2, 0) is 9.84 Å². The Hall–Kier alpha value is -0.850. The zero-order valence-corrected chi connectivity index (χ0v) is 12.3. The number of benzene rings is 1. The van der Waals surface area contributed by atoms with Gasteiger partial charge in [-0.15, -0.1) is 11.3 Å². The molecule has 6 heteroatoms. The molecule has 96 valence electrons. The van der Waals surface area contributed by atoms with Crippen molar-refractivity contribution in [2.45, 2.75) is 4.34 Å². The lowest BCUT2D eigenvalue weighted by atomic mass is 10.2. The van der Waals surface area contributed by atoms with Gasteiger partial charge >= 0.3 is 0 Å². The highest BCUT2D eigenvalue weighted by molar-refractivity contribution is 8.02. The van der Waals surface area contributed by atoms with Gasteiger partial charge in [0.2, 0.25) is 0 Å². The fourth-order valence-electron chi connectivity index (χ4n) is 1.35. The fraction of sp³-hybridized carbons (Fsp3) is 0.250. The molecule has 1 heterocycles. The first-order valence-corrected chi connectivity index (χ1v) is 9.29. The van der Waals surface area contributed by atoms with Crippen LogP contribution in [0.4, 0.5) is 0 Å². The molecule has 2 aromatic rings. The van der Waals surface area contributed by atoms with Gasteiger partial charge < -0.3 is 0 Å². The summed E-state index contributed by atoms with van der Waals surface area (Å²) in [6, 6.07) is 9.95. The number of hydrogen-bond donors (Lipinski definition) is 0. The fourth-order valence-corrected chi connectivity index (χ4v) is 4.45. The molecule has 1 aromatic carbocycles. The Bertz CT molecular complexity index is 605. The summed E-state index contributed by atoms with van der Waals surface area (Å²) < 4.78 is 22.9. The molecule has 0 amide bonds. The summed E-state index contributed by atoms with van der Waals surface area (Å²) in [5, 5.41) is 2.00. The highest BCUT2D eigenvalue weighted by Crippen LogP contribution is 2.28. The molecular formula is C12H13NO2S3. The Morgan fingerprint density at radius 2 is 2.00 bits per heavy atom. The molecule has 0 radical (unpaired) electrons. The van der Waals surface area contributed by atoms with Crippen molar-refractivity contribution in [3.8, 4) is 11.3 Å². The number of thiazole rings is 1. The molecular weight excluding hydrogens is 286 g/mol. The number of rotatable bonds is 5. The zero-order valence-electron chi connectivity index (χ0n) is 9.87. The normalized spacial score (nSPS) is 11.6. The third kappa shape index (κ3) is 4.12. The van der Waals surface area contributed by atoms with Crippen molar-refractivity contribution in [1.29, 1.82) is 0 Å². The van der Waals surface area contributed by atoms with Crippen molar-refractivity contribution in [3.63, 3.8) is 0 Å². The maximum atomic E-state index is 11.0. The molecule has 1 aromatic heterocycles. The largest absolute Gasteiger partial charge is 0.230 e. The summed E-state index contributed by atoms with van der Waals surface area (Å²) >= 11 is 3.04. The van der Waals surface area contributed by atoms with Gasteiger partial charge in [0.1, 0.15) is 9.84 Å². The van der Waals surface area contributed by atoms with Crippen molar-refractivity contribution in [2.24, 2.45) is 0 Å². The second-order valence-corrected chi connectivity index (χ2v) is 8.30. The smallest absolute Gasteiger partial charge is 0.150 e. The number of thioether (sulfide) groups is 1. The summed E-state index contributed by atoms with van der Waals surface area (Å²) in [7, 11) is -2.88. The van der Waals surface area contributed by atoms with E-state index in [9.17, 15) is 8.42 Å². The van der Waals surface area contributed by atoms with E-state index < -0.39 is 9.84 Å². The van der Waals surface area contributed by atoms with Crippen LogP contribution in [0.3, 0.4) is 0 Å². The van der Waals surface area contributed by atoms with E-state index in [-0.39, 0.29) is 5.75 Å². The minimum Gasteiger partial charge on any atom is -0.230 e. The van der Waals surface area contributed by atoms with E-state index in [1.807, 2.05) is 35.7 Å². The third-order valence-corrected chi connectivity index (χ3v) is 5.46. The maximum Gasteiger partial charge on any atom is 0.150 e. The molecule has 0 fully saturated rings. The van der Waals surface area contributed by atoms with Crippen LogP contribution in [0.25, 0.3) is 11.3 Å². The molecule has 0 aliphatic rings. The van der Waals surface area contributed by atoms with Crippen molar-refractivity contribution in [1.82, 2.24) is 4.98 Å². The Balaban J connectivity index is 1.99. The van der Waals surface area contributed by atoms with Gasteiger partial charge in [-0.1, -0.05) is 42.1 Å². The maximum absolute atomic E-state index is 11.0. The minimum absolute atomic E-state index is 0.192. The first kappa shape index (κ1) is 13.6. The van der Waals surface area contributed by atoms with Crippen molar-refractivity contribution >= 4 is 32.9 Å². The van der Waals surface area contributed by atoms with Crippen LogP contribution in [0.15, 0.2) is 40.1 Å². The van der Waals surface area contributed by atoms with Gasteiger partial charge in [0.05, 0.1) is 11.4 Å². The summed E-state index contributed by atoms with van der Waals surface area (Å²) in [6.45, 7) is 0. The molecule has 0 N–H and O–H groups in total. The third-order valence-electron chi connectivity index (χ3n) is 2.23. The molecule has 0 atom stereocenters. The Morgan fingerprint density at radius 3 is 2.67 bits per heavy atom. The highest BCUT2D eigenvalue weighted by atomic mass is 32.2. The molecule has 0 unspecified atom stereocenters. The van der Waals surface area contributed by atoms with Gasteiger partial charge in [-0.25, -0.2) is 13.4 Å². The van der Waals surface area contributed by atoms with Crippen LogP contribution in [0.1, 0.15) is 0 Å². The van der Waals surface area contributed by atoms with E-state index in [0.717, 1.165) is 15.6 Å². The summed E-state index contributed by atoms with van der Waals surface area (Å²) in [5.41, 5.74) is 2.03. The molecule has 0 spiro atoms. The van der Waals surface area contributed by atoms with E-state index in [1.165, 1.54) is 18.0 Å². The molecule has 2 rings (SSSR count). The van der Waals surface area contributed by atoms with E-state index in [0.29, 0.717) is 5.75 Å². The van der Waals surface area contributed by atoms with Crippen LogP contribution in [0, 0.1) is 0 Å². The lowest BCUT2D eigenvalue weighted by Crippen LogP contribution is -2.04. The first-order valence-electron chi connectivity index (χ1n) is 5.36. The van der Waals surface area contributed by atoms with E-state index in [1.54, 1.807) is 11.3 Å². The van der Waals surface area contributed by atoms with Gasteiger partial charge in [0.15, 0.2) is 4.34 Å². The van der Waals surface area contributed by atoms with Crippen LogP contribution < -0.4 is 0 Å². The lowest BCUT2D eigenvalue weighted by molar-refractivity contribution is 0.603. The quantitative estimate of drug-likeness (QED) is 0.796. The Labute approximate surface area is 115 Å². The van der Waals surface area contributed by atoms with E-state index in [2.05, 4.69) is 4.98 Å². The van der Waals surface area contributed by atoms with Gasteiger partial charge in [0.25, 0.3) is 0 Å². The van der Waals surface area contributed by atoms with Gasteiger partial charge in [0, 0.05) is 23.0 Å². The van der Waals surface area contributed by atoms with E-state index in [4.69, 9.17) is 0 Å². The highest BCUT2D eigenvalue weighted by Gasteiger charge is 2.07. The average Bonchev–Trinajstić information content (AvgIpc) is 2.77. The predicted molar refractivity (Wildman–Crippen MR) is 78.0 cm³/mol. The Morgan fingerprint density at radius 1 is 1.28 bits per heavy atom. The SMILES string of the molecule is CS(=O)(=O)CCSc1nc(-c2ccccc2)cs1. The molecule has 0 aliphatic heterocycles. The topological polar surface area (TPSA) is 47.0 Å². The monoisotopic (exact) mass is 299 g/mol. The minimum atomic E-state index is -2.88. The summed E-state index contributed by atoms with van der Waals surface area (Å²) in [6.07, 6.45) is 1.25. The van der Waals surface area contributed by atoms with Crippen LogP contribution >= 0.6 is 23.1 Å². The molecule has 0 aliphatic carbocycles. The number of aromatic nitrogens is 1. The first-order chi connectivity index (χ1) is 8.54. The second kappa shape index (κ2) is 5.86. The lowest BCUT2D eigenvalue weighted by Gasteiger charge is -1.96. The number of hydrogen-bond acceptors (Lipinski definition) is 5. The molecule has 3 nitrogen and oxygen atoms in total. The predicted octanol–water partition coefficient (Wildman–Crippen LogP) is 2.95. The van der Waals surface area contributed by atoms with Crippen LogP contribution in [0.2, 0.25) is 0 Å². The van der Waals surface area contributed by atoms with Crippen molar-refractivity contribution in [3.05, 3.63) is 35.7 Å². The van der Waals surface area contributed by atoms with Crippen LogP contribution in [0.5, 0.6) is 0 Å². The van der Waals surface area contributed by atoms with E-state index >= 15 is 0 Å². The van der Waals surface area contributed by atoms with Crippen molar-refractivity contribution < 1.29 is 8.42 Å². The second-order valence-electron chi connectivity index (χ2n) is 3.84. The molecule has 0 bridgehead atoms. The van der Waals surface area contributed by atoms with Crippen LogP contribution in [-0.4, -0.2) is 31.2 Å². The summed E-state index contributed by atoms with van der Waals surface area (Å²) in [5.74, 6) is 0.749. The molecule has 18 heavy (non-hydrogen) atoms. The molecule has 0 saturated carbocycles.